The van der Waals surface area contributed by atoms with Crippen LogP contribution < -0.4 is 35.4 Å². The topological polar surface area (TPSA) is 119 Å². The molecular formula is C41H34N6O6S2. The van der Waals surface area contributed by atoms with E-state index < -0.39 is 17.0 Å². The third-order valence-electron chi connectivity index (χ3n) is 9.64. The number of fused-ring (bicyclic) bond motifs is 2. The number of nitrogens with zero attached hydrogens (tertiary/aromatic N) is 4. The van der Waals surface area contributed by atoms with Crippen LogP contribution >= 0.6 is 24.4 Å². The summed E-state index contributed by atoms with van der Waals surface area (Å²) in [7, 11) is 6.19. The summed E-state index contributed by atoms with van der Waals surface area (Å²) in [6.07, 6.45) is 1.75. The van der Waals surface area contributed by atoms with Crippen LogP contribution in [0.15, 0.2) is 125 Å². The zero-order chi connectivity index (χ0) is 38.4. The van der Waals surface area contributed by atoms with Crippen LogP contribution in [-0.2, 0) is 0 Å². The average molecular weight is 771 g/mol. The molecule has 1 aliphatic rings. The van der Waals surface area contributed by atoms with Gasteiger partial charge in [0.05, 0.1) is 68.2 Å². The number of aromatic nitrogens is 5. The van der Waals surface area contributed by atoms with E-state index in [1.165, 1.54) is 23.4 Å². The molecule has 0 spiro atoms. The van der Waals surface area contributed by atoms with E-state index in [1.54, 1.807) is 65.9 Å². The predicted octanol–water partition coefficient (Wildman–Crippen LogP) is 7.63. The minimum absolute atomic E-state index is 0.115. The number of rotatable bonds is 9. The fraction of sp³-hybridized carbons (Fsp3) is 0.122. The van der Waals surface area contributed by atoms with Crippen LogP contribution in [0.5, 0.6) is 23.0 Å². The molecule has 276 valence electrons. The number of anilines is 2. The molecule has 4 heterocycles. The summed E-state index contributed by atoms with van der Waals surface area (Å²) in [6.45, 7) is 0. The third-order valence-corrected chi connectivity index (χ3v) is 10.4. The van der Waals surface area contributed by atoms with Gasteiger partial charge in [0, 0.05) is 11.9 Å². The first-order valence-electron chi connectivity index (χ1n) is 17.1. The van der Waals surface area contributed by atoms with Gasteiger partial charge < -0.3 is 29.2 Å². The first-order valence-corrected chi connectivity index (χ1v) is 17.9. The molecule has 0 radical (unpaired) electrons. The highest BCUT2D eigenvalue weighted by Crippen LogP contribution is 2.45. The second kappa shape index (κ2) is 14.3. The summed E-state index contributed by atoms with van der Waals surface area (Å²) in [5, 5.41) is 3.53. The van der Waals surface area contributed by atoms with Crippen LogP contribution in [-0.4, -0.2) is 51.7 Å². The van der Waals surface area contributed by atoms with Crippen molar-refractivity contribution in [2.75, 3.05) is 33.8 Å². The Kier molecular flexibility index (Phi) is 9.20. The van der Waals surface area contributed by atoms with Gasteiger partial charge in [-0.3, -0.25) is 18.7 Å². The zero-order valence-electron chi connectivity index (χ0n) is 30.1. The van der Waals surface area contributed by atoms with Crippen molar-refractivity contribution in [2.24, 2.45) is 0 Å². The molecule has 0 atom stereocenters. The van der Waals surface area contributed by atoms with E-state index >= 15 is 9.59 Å². The fourth-order valence-corrected chi connectivity index (χ4v) is 7.98. The number of methoxy groups -OCH3 is 4. The minimum Gasteiger partial charge on any atom is -0.495 e. The SMILES string of the molecule is COc1ccccc1-n1c2c(c(=O)n(-c3ccccc3OC)c1=S)C(c1ccc[nH]1)c1c(n(-c3ccccc3OC)c(=S)n(-c3ccccc3OC)c1=O)N2. The molecule has 8 rings (SSSR count). The van der Waals surface area contributed by atoms with Crippen LogP contribution in [0.1, 0.15) is 22.7 Å². The van der Waals surface area contributed by atoms with Gasteiger partial charge >= 0.3 is 0 Å². The summed E-state index contributed by atoms with van der Waals surface area (Å²) in [5.41, 5.74) is 2.01. The molecule has 0 bridgehead atoms. The Morgan fingerprint density at radius 1 is 0.491 bits per heavy atom. The molecule has 0 amide bonds. The Morgan fingerprint density at radius 3 is 1.16 bits per heavy atom. The number of H-pyrrole nitrogens is 1. The lowest BCUT2D eigenvalue weighted by Gasteiger charge is -2.34. The van der Waals surface area contributed by atoms with Gasteiger partial charge in [-0.05, 0) is 85.1 Å². The third kappa shape index (κ3) is 5.56. The molecule has 0 unspecified atom stereocenters. The van der Waals surface area contributed by atoms with Crippen molar-refractivity contribution in [1.82, 2.24) is 23.3 Å². The number of hydrogen-bond acceptors (Lipinski definition) is 9. The summed E-state index contributed by atoms with van der Waals surface area (Å²) in [5.74, 6) is 1.45. The van der Waals surface area contributed by atoms with Crippen LogP contribution in [0.2, 0.25) is 0 Å². The smallest absolute Gasteiger partial charge is 0.265 e. The predicted molar refractivity (Wildman–Crippen MR) is 216 cm³/mol. The molecule has 2 N–H and O–H groups in total. The molecule has 0 fully saturated rings. The quantitative estimate of drug-likeness (QED) is 0.143. The van der Waals surface area contributed by atoms with Crippen LogP contribution in [0.4, 0.5) is 11.6 Å². The van der Waals surface area contributed by atoms with E-state index in [2.05, 4.69) is 10.3 Å². The molecule has 0 saturated heterocycles. The molecule has 0 saturated carbocycles. The molecule has 14 heteroatoms. The lowest BCUT2D eigenvalue weighted by molar-refractivity contribution is 0.410. The van der Waals surface area contributed by atoms with Crippen LogP contribution in [0, 0.1) is 9.54 Å². The van der Waals surface area contributed by atoms with Crippen molar-refractivity contribution in [3.05, 3.63) is 162 Å². The molecule has 7 aromatic rings. The maximum absolute atomic E-state index is 15.4. The van der Waals surface area contributed by atoms with Crippen molar-refractivity contribution in [2.45, 2.75) is 5.92 Å². The van der Waals surface area contributed by atoms with E-state index in [-0.39, 0.29) is 20.7 Å². The number of benzene rings is 4. The molecule has 12 nitrogen and oxygen atoms in total. The highest BCUT2D eigenvalue weighted by Gasteiger charge is 2.40. The van der Waals surface area contributed by atoms with Gasteiger partial charge in [0.15, 0.2) is 9.54 Å². The maximum Gasteiger partial charge on any atom is 0.265 e. The Balaban J connectivity index is 1.61. The Bertz CT molecular complexity index is 2680. The van der Waals surface area contributed by atoms with Gasteiger partial charge in [0.25, 0.3) is 11.1 Å². The zero-order valence-corrected chi connectivity index (χ0v) is 31.7. The largest absolute Gasteiger partial charge is 0.495 e. The van der Waals surface area contributed by atoms with Crippen LogP contribution in [0.25, 0.3) is 22.7 Å². The summed E-state index contributed by atoms with van der Waals surface area (Å²) in [6, 6.07) is 32.6. The Morgan fingerprint density at radius 2 is 0.836 bits per heavy atom. The second-order valence-electron chi connectivity index (χ2n) is 12.4. The molecule has 4 aromatic carbocycles. The number of nitrogens with one attached hydrogen (secondary N) is 2. The van der Waals surface area contributed by atoms with Crippen molar-refractivity contribution in [3.63, 3.8) is 0 Å². The standard InChI is InChI=1S/C41H34N6O6S2/c1-50-29-19-9-5-15-25(29)44-36-34(38(48)46(40(44)54)27-17-7-11-21-31(27)52-3)33(24-14-13-23-42-24)35-37(43-36)45(26-16-6-10-20-30(26)51-2)41(55)47(39(35)49)28-18-8-12-22-32(28)53-4/h5-23,33,42-43H,1-4H3. The van der Waals surface area contributed by atoms with E-state index in [4.69, 9.17) is 43.4 Å². The monoisotopic (exact) mass is 770 g/mol. The van der Waals surface area contributed by atoms with Crippen molar-refractivity contribution < 1.29 is 18.9 Å². The Hall–Kier alpha value is -6.64. The van der Waals surface area contributed by atoms with Gasteiger partial charge in [0.2, 0.25) is 0 Å². The number of para-hydroxylation sites is 8. The number of aromatic amines is 1. The van der Waals surface area contributed by atoms with Gasteiger partial charge in [-0.1, -0.05) is 48.5 Å². The molecule has 0 aliphatic carbocycles. The summed E-state index contributed by atoms with van der Waals surface area (Å²) >= 11 is 12.5. The summed E-state index contributed by atoms with van der Waals surface area (Å²) < 4.78 is 29.8. The number of hydrogen-bond donors (Lipinski definition) is 2. The van der Waals surface area contributed by atoms with Gasteiger partial charge in [-0.25, -0.2) is 9.13 Å². The van der Waals surface area contributed by atoms with E-state index in [9.17, 15) is 0 Å². The van der Waals surface area contributed by atoms with Gasteiger partial charge in [-0.15, -0.1) is 0 Å². The highest BCUT2D eigenvalue weighted by molar-refractivity contribution is 7.71. The molecule has 55 heavy (non-hydrogen) atoms. The maximum atomic E-state index is 15.4. The lowest BCUT2D eigenvalue weighted by Crippen LogP contribution is -2.39. The molecule has 1 aliphatic heterocycles. The van der Waals surface area contributed by atoms with Crippen LogP contribution in [0.3, 0.4) is 0 Å². The van der Waals surface area contributed by atoms with Crippen molar-refractivity contribution in [3.8, 4) is 45.7 Å². The van der Waals surface area contributed by atoms with E-state index in [1.807, 2.05) is 72.8 Å². The minimum atomic E-state index is -0.990. The molecular weight excluding hydrogens is 737 g/mol. The summed E-state index contributed by atoms with van der Waals surface area (Å²) in [4.78, 5) is 34.1. The van der Waals surface area contributed by atoms with Gasteiger partial charge in [-0.2, -0.15) is 0 Å². The fourth-order valence-electron chi connectivity index (χ4n) is 7.24. The van der Waals surface area contributed by atoms with E-state index in [0.29, 0.717) is 63.1 Å². The Labute approximate surface area is 325 Å². The first kappa shape index (κ1) is 35.4. The first-order chi connectivity index (χ1) is 26.8. The normalized spacial score (nSPS) is 12.0. The van der Waals surface area contributed by atoms with E-state index in [0.717, 1.165) is 0 Å². The van der Waals surface area contributed by atoms with Crippen molar-refractivity contribution in [1.29, 1.82) is 0 Å². The van der Waals surface area contributed by atoms with Gasteiger partial charge in [0.1, 0.15) is 34.6 Å². The second-order valence-corrected chi connectivity index (χ2v) is 13.1. The average Bonchev–Trinajstić information content (AvgIpc) is 3.76. The lowest BCUT2D eigenvalue weighted by atomic mass is 9.87. The highest BCUT2D eigenvalue weighted by atomic mass is 32.1. The molecule has 3 aromatic heterocycles. The van der Waals surface area contributed by atoms with Crippen molar-refractivity contribution >= 4 is 36.1 Å². The number of ether oxygens (including phenoxy) is 4.